The lowest BCUT2D eigenvalue weighted by Gasteiger charge is -2.28. The van der Waals surface area contributed by atoms with Crippen molar-refractivity contribution in [3.8, 4) is 6.07 Å². The summed E-state index contributed by atoms with van der Waals surface area (Å²) in [7, 11) is 0. The Kier molecular flexibility index (Phi) is 5.46. The van der Waals surface area contributed by atoms with Gasteiger partial charge in [0.25, 0.3) is 0 Å². The predicted molar refractivity (Wildman–Crippen MR) is 72.2 cm³/mol. The molecule has 102 valence electrons. The Morgan fingerprint density at radius 1 is 1.33 bits per heavy atom. The van der Waals surface area contributed by atoms with Crippen molar-refractivity contribution in [2.45, 2.75) is 76.5 Å². The van der Waals surface area contributed by atoms with Gasteiger partial charge in [0.05, 0.1) is 18.2 Å². The van der Waals surface area contributed by atoms with E-state index in [1.165, 1.54) is 44.9 Å². The Morgan fingerprint density at radius 2 is 2.17 bits per heavy atom. The first kappa shape index (κ1) is 13.8. The van der Waals surface area contributed by atoms with Crippen LogP contribution in [0.3, 0.4) is 0 Å². The summed E-state index contributed by atoms with van der Waals surface area (Å²) in [4.78, 5) is 0. The largest absolute Gasteiger partial charge is 0.378 e. The fourth-order valence-corrected chi connectivity index (χ4v) is 2.84. The lowest BCUT2D eigenvalue weighted by molar-refractivity contribution is 0.00982. The minimum atomic E-state index is -0.0111. The first-order valence-corrected chi connectivity index (χ1v) is 7.59. The topological polar surface area (TPSA) is 45.0 Å². The standard InChI is InChI=1S/C15H26N2O/c1-2-12-4-3-5-15(10-12)18-9-8-14(11-16)17-13-6-7-13/h12-15,17H,2-10H2,1H3. The van der Waals surface area contributed by atoms with E-state index in [4.69, 9.17) is 10.00 Å². The van der Waals surface area contributed by atoms with E-state index in [2.05, 4.69) is 18.3 Å². The fraction of sp³-hybridized carbons (Fsp3) is 0.933. The molecule has 3 atom stereocenters. The van der Waals surface area contributed by atoms with Crippen molar-refractivity contribution in [1.29, 1.82) is 5.26 Å². The molecule has 0 aromatic rings. The summed E-state index contributed by atoms with van der Waals surface area (Å²) in [6, 6.07) is 2.93. The van der Waals surface area contributed by atoms with Gasteiger partial charge in [-0.2, -0.15) is 5.26 Å². The molecule has 3 unspecified atom stereocenters. The number of hydrogen-bond donors (Lipinski definition) is 1. The highest BCUT2D eigenvalue weighted by Crippen LogP contribution is 2.28. The molecule has 0 bridgehead atoms. The predicted octanol–water partition coefficient (Wildman–Crippen LogP) is 3.01. The van der Waals surface area contributed by atoms with Crippen LogP contribution in [0, 0.1) is 17.2 Å². The molecule has 2 aliphatic rings. The average Bonchev–Trinajstić information content (AvgIpc) is 3.22. The Morgan fingerprint density at radius 3 is 2.83 bits per heavy atom. The van der Waals surface area contributed by atoms with Crippen molar-refractivity contribution in [2.75, 3.05) is 6.61 Å². The van der Waals surface area contributed by atoms with Gasteiger partial charge in [-0.25, -0.2) is 0 Å². The van der Waals surface area contributed by atoms with Gasteiger partial charge in [-0.1, -0.05) is 26.2 Å². The van der Waals surface area contributed by atoms with Crippen molar-refractivity contribution in [2.24, 2.45) is 5.92 Å². The molecule has 18 heavy (non-hydrogen) atoms. The molecule has 0 radical (unpaired) electrons. The van der Waals surface area contributed by atoms with Gasteiger partial charge in [0, 0.05) is 12.6 Å². The second kappa shape index (κ2) is 7.11. The quantitative estimate of drug-likeness (QED) is 0.755. The van der Waals surface area contributed by atoms with Crippen LogP contribution in [-0.4, -0.2) is 24.8 Å². The normalized spacial score (nSPS) is 29.8. The van der Waals surface area contributed by atoms with Gasteiger partial charge in [0.2, 0.25) is 0 Å². The van der Waals surface area contributed by atoms with E-state index >= 15 is 0 Å². The van der Waals surface area contributed by atoms with Crippen molar-refractivity contribution in [3.63, 3.8) is 0 Å². The van der Waals surface area contributed by atoms with Crippen molar-refractivity contribution in [1.82, 2.24) is 5.32 Å². The summed E-state index contributed by atoms with van der Waals surface area (Å²) >= 11 is 0. The third kappa shape index (κ3) is 4.59. The van der Waals surface area contributed by atoms with Crippen molar-refractivity contribution in [3.05, 3.63) is 0 Å². The maximum atomic E-state index is 9.05. The van der Waals surface area contributed by atoms with Gasteiger partial charge in [0.1, 0.15) is 0 Å². The number of nitriles is 1. The SMILES string of the molecule is CCC1CCCC(OCCC(C#N)NC2CC2)C1. The maximum Gasteiger partial charge on any atom is 0.0977 e. The maximum absolute atomic E-state index is 9.05. The number of nitrogens with one attached hydrogen (secondary N) is 1. The average molecular weight is 250 g/mol. The summed E-state index contributed by atoms with van der Waals surface area (Å²) in [6.07, 6.45) is 10.2. The molecule has 2 saturated carbocycles. The molecule has 3 nitrogen and oxygen atoms in total. The van der Waals surface area contributed by atoms with Crippen LogP contribution in [0.2, 0.25) is 0 Å². The summed E-state index contributed by atoms with van der Waals surface area (Å²) in [5.41, 5.74) is 0. The fourth-order valence-electron chi connectivity index (χ4n) is 2.84. The smallest absolute Gasteiger partial charge is 0.0977 e. The van der Waals surface area contributed by atoms with E-state index in [1.807, 2.05) is 0 Å². The Hall–Kier alpha value is -0.590. The lowest BCUT2D eigenvalue weighted by Crippen LogP contribution is -2.31. The molecule has 2 fully saturated rings. The number of nitrogens with zero attached hydrogens (tertiary/aromatic N) is 1. The van der Waals surface area contributed by atoms with Gasteiger partial charge in [-0.3, -0.25) is 5.32 Å². The van der Waals surface area contributed by atoms with Crippen LogP contribution in [0.15, 0.2) is 0 Å². The molecule has 0 heterocycles. The minimum absolute atomic E-state index is 0.0111. The van der Waals surface area contributed by atoms with Crippen LogP contribution in [0.5, 0.6) is 0 Å². The van der Waals surface area contributed by atoms with Gasteiger partial charge in [0.15, 0.2) is 0 Å². The van der Waals surface area contributed by atoms with E-state index in [0.29, 0.717) is 12.1 Å². The van der Waals surface area contributed by atoms with Gasteiger partial charge in [-0.05, 0) is 38.0 Å². The second-order valence-corrected chi connectivity index (χ2v) is 5.84. The molecule has 0 aromatic heterocycles. The molecule has 2 rings (SSSR count). The first-order chi connectivity index (χ1) is 8.81. The monoisotopic (exact) mass is 250 g/mol. The van der Waals surface area contributed by atoms with E-state index < -0.39 is 0 Å². The highest BCUT2D eigenvalue weighted by molar-refractivity contribution is 4.95. The van der Waals surface area contributed by atoms with Crippen molar-refractivity contribution >= 4 is 0 Å². The molecule has 3 heteroatoms. The molecule has 0 amide bonds. The molecule has 0 aromatic carbocycles. The summed E-state index contributed by atoms with van der Waals surface area (Å²) in [6.45, 7) is 3.01. The lowest BCUT2D eigenvalue weighted by atomic mass is 9.85. The van der Waals surface area contributed by atoms with Gasteiger partial charge < -0.3 is 4.74 Å². The van der Waals surface area contributed by atoms with Gasteiger partial charge >= 0.3 is 0 Å². The molecule has 1 N–H and O–H groups in total. The molecule has 0 saturated heterocycles. The Bertz CT molecular complexity index is 283. The first-order valence-electron chi connectivity index (χ1n) is 7.59. The van der Waals surface area contributed by atoms with Crippen LogP contribution < -0.4 is 5.32 Å². The zero-order chi connectivity index (χ0) is 12.8. The highest BCUT2D eigenvalue weighted by Gasteiger charge is 2.25. The van der Waals surface area contributed by atoms with Crippen LogP contribution in [0.1, 0.15) is 58.3 Å². The highest BCUT2D eigenvalue weighted by atomic mass is 16.5. The summed E-state index contributed by atoms with van der Waals surface area (Å²) < 4.78 is 5.96. The molecular formula is C15H26N2O. The molecular weight excluding hydrogens is 224 g/mol. The number of hydrogen-bond acceptors (Lipinski definition) is 3. The second-order valence-electron chi connectivity index (χ2n) is 5.84. The molecule has 0 aliphatic heterocycles. The van der Waals surface area contributed by atoms with E-state index in [1.54, 1.807) is 0 Å². The minimum Gasteiger partial charge on any atom is -0.378 e. The summed E-state index contributed by atoms with van der Waals surface area (Å²) in [5.74, 6) is 0.861. The van der Waals surface area contributed by atoms with E-state index in [9.17, 15) is 0 Å². The third-order valence-electron chi connectivity index (χ3n) is 4.24. The van der Waals surface area contributed by atoms with Crippen LogP contribution in [0.4, 0.5) is 0 Å². The molecule has 0 spiro atoms. The van der Waals surface area contributed by atoms with E-state index in [-0.39, 0.29) is 6.04 Å². The van der Waals surface area contributed by atoms with Crippen molar-refractivity contribution < 1.29 is 4.74 Å². The third-order valence-corrected chi connectivity index (χ3v) is 4.24. The van der Waals surface area contributed by atoms with Gasteiger partial charge in [-0.15, -0.1) is 0 Å². The van der Waals surface area contributed by atoms with Crippen LogP contribution in [-0.2, 0) is 4.74 Å². The zero-order valence-electron chi connectivity index (χ0n) is 11.5. The zero-order valence-corrected chi connectivity index (χ0v) is 11.5. The summed E-state index contributed by atoms with van der Waals surface area (Å²) in [5, 5.41) is 12.4. The Labute approximate surface area is 111 Å². The number of rotatable bonds is 7. The molecule has 2 aliphatic carbocycles. The van der Waals surface area contributed by atoms with Crippen LogP contribution >= 0.6 is 0 Å². The van der Waals surface area contributed by atoms with E-state index in [0.717, 1.165) is 18.9 Å². The van der Waals surface area contributed by atoms with Crippen LogP contribution in [0.25, 0.3) is 0 Å². The number of ether oxygens (including phenoxy) is 1. The Balaban J connectivity index is 1.60.